The number of alkyl halides is 1. The first-order chi connectivity index (χ1) is 3.68. The molecule has 0 heterocycles. The normalized spacial score (nSPS) is 8.25. The van der Waals surface area contributed by atoms with Gasteiger partial charge in [0.05, 0.1) is 6.00 Å². The van der Waals surface area contributed by atoms with Gasteiger partial charge in [-0.25, -0.2) is 0 Å². The Morgan fingerprint density at radius 3 is 2.50 bits per heavy atom. The third-order valence-electron chi connectivity index (χ3n) is 0.615. The Morgan fingerprint density at radius 2 is 2.38 bits per heavy atom. The number of amides is 1. The van der Waals surface area contributed by atoms with Gasteiger partial charge in [-0.1, -0.05) is 6.58 Å². The smallest absolute Gasteiger partial charge is 0.247 e. The molecule has 0 radical (unpaired) electrons. The van der Waals surface area contributed by atoms with E-state index in [1.165, 1.54) is 0 Å². The maximum Gasteiger partial charge on any atom is 0.247 e. The van der Waals surface area contributed by atoms with Crippen molar-refractivity contribution in [2.45, 2.75) is 6.92 Å². The number of hydrogen-bond donors (Lipinski definition) is 1. The van der Waals surface area contributed by atoms with Gasteiger partial charge in [-0.3, -0.25) is 4.79 Å². The third kappa shape index (κ3) is 2.64. The highest BCUT2D eigenvalue weighted by Gasteiger charge is 1.95. The summed E-state index contributed by atoms with van der Waals surface area (Å²) in [4.78, 5) is 10.4. The minimum absolute atomic E-state index is 0.145. The Morgan fingerprint density at radius 1 is 1.88 bits per heavy atom. The molecule has 8 heavy (non-hydrogen) atoms. The average molecular weight is 134 g/mol. The van der Waals surface area contributed by atoms with Crippen molar-refractivity contribution in [1.29, 1.82) is 0 Å². The van der Waals surface area contributed by atoms with Gasteiger partial charge in [0.25, 0.3) is 0 Å². The molecule has 2 nitrogen and oxygen atoms in total. The van der Waals surface area contributed by atoms with Crippen LogP contribution in [0.1, 0.15) is 6.92 Å². The van der Waals surface area contributed by atoms with E-state index in [4.69, 9.17) is 11.6 Å². The molecule has 0 rings (SSSR count). The van der Waals surface area contributed by atoms with E-state index >= 15 is 0 Å². The summed E-state index contributed by atoms with van der Waals surface area (Å²) in [5.41, 5.74) is 0.477. The molecular weight excluding hydrogens is 126 g/mol. The van der Waals surface area contributed by atoms with E-state index < -0.39 is 0 Å². The first kappa shape index (κ1) is 7.50. The van der Waals surface area contributed by atoms with Crippen LogP contribution in [-0.2, 0) is 4.79 Å². The highest BCUT2D eigenvalue weighted by atomic mass is 35.5. The van der Waals surface area contributed by atoms with Crippen LogP contribution in [0.3, 0.4) is 0 Å². The lowest BCUT2D eigenvalue weighted by molar-refractivity contribution is -0.117. The largest absolute Gasteiger partial charge is 0.339 e. The molecule has 0 aliphatic carbocycles. The van der Waals surface area contributed by atoms with Crippen molar-refractivity contribution >= 4 is 17.5 Å². The van der Waals surface area contributed by atoms with Gasteiger partial charge in [-0.2, -0.15) is 0 Å². The van der Waals surface area contributed by atoms with Gasteiger partial charge < -0.3 is 5.32 Å². The fourth-order valence-corrected chi connectivity index (χ4v) is 0.333. The zero-order valence-corrected chi connectivity index (χ0v) is 5.46. The molecule has 0 saturated heterocycles. The highest BCUT2D eigenvalue weighted by molar-refractivity contribution is 6.18. The second-order valence-corrected chi connectivity index (χ2v) is 1.69. The van der Waals surface area contributed by atoms with Gasteiger partial charge in [-0.15, -0.1) is 11.6 Å². The SMILES string of the molecule is C=C(C)C(=O)NCCl. The van der Waals surface area contributed by atoms with Crippen LogP contribution in [0.25, 0.3) is 0 Å². The van der Waals surface area contributed by atoms with E-state index in [1.54, 1.807) is 6.92 Å². The van der Waals surface area contributed by atoms with Crippen molar-refractivity contribution in [3.63, 3.8) is 0 Å². The summed E-state index contributed by atoms with van der Waals surface area (Å²) in [5.74, 6) is -0.194. The zero-order valence-electron chi connectivity index (χ0n) is 4.70. The van der Waals surface area contributed by atoms with Crippen molar-refractivity contribution in [1.82, 2.24) is 5.32 Å². The molecule has 0 aliphatic heterocycles. The summed E-state index contributed by atoms with van der Waals surface area (Å²) in [6, 6.07) is 0.145. The number of hydrogen-bond acceptors (Lipinski definition) is 1. The summed E-state index contributed by atoms with van der Waals surface area (Å²) in [6.07, 6.45) is 0. The van der Waals surface area contributed by atoms with Gasteiger partial charge in [0.1, 0.15) is 0 Å². The molecule has 0 bridgehead atoms. The first-order valence-electron chi connectivity index (χ1n) is 2.18. The quantitative estimate of drug-likeness (QED) is 0.338. The van der Waals surface area contributed by atoms with Crippen LogP contribution < -0.4 is 5.32 Å². The van der Waals surface area contributed by atoms with E-state index in [1.807, 2.05) is 0 Å². The molecule has 3 heteroatoms. The van der Waals surface area contributed by atoms with Crippen LogP contribution in [0.15, 0.2) is 12.2 Å². The lowest BCUT2D eigenvalue weighted by Gasteiger charge is -1.95. The molecule has 1 amide bonds. The van der Waals surface area contributed by atoms with Gasteiger partial charge in [0.15, 0.2) is 0 Å². The van der Waals surface area contributed by atoms with Crippen LogP contribution in [0.2, 0.25) is 0 Å². The second-order valence-electron chi connectivity index (χ2n) is 1.42. The maximum absolute atomic E-state index is 10.4. The van der Waals surface area contributed by atoms with E-state index in [0.29, 0.717) is 5.57 Å². The Hall–Kier alpha value is -0.500. The van der Waals surface area contributed by atoms with E-state index in [9.17, 15) is 4.79 Å². The lowest BCUT2D eigenvalue weighted by atomic mass is 10.3. The molecule has 46 valence electrons. The van der Waals surface area contributed by atoms with Gasteiger partial charge in [0.2, 0.25) is 5.91 Å². The molecule has 1 N–H and O–H groups in total. The molecular formula is C5H8ClNO. The maximum atomic E-state index is 10.4. The van der Waals surface area contributed by atoms with Crippen molar-refractivity contribution in [2.75, 3.05) is 6.00 Å². The number of carbonyl (C=O) groups is 1. The molecule has 0 unspecified atom stereocenters. The Bertz CT molecular complexity index is 111. The summed E-state index contributed by atoms with van der Waals surface area (Å²) in [5, 5.41) is 2.37. The molecule has 0 aromatic heterocycles. The molecule has 0 aromatic carbocycles. The minimum Gasteiger partial charge on any atom is -0.339 e. The van der Waals surface area contributed by atoms with Crippen LogP contribution in [0.4, 0.5) is 0 Å². The van der Waals surface area contributed by atoms with Crippen LogP contribution >= 0.6 is 11.6 Å². The van der Waals surface area contributed by atoms with E-state index in [-0.39, 0.29) is 11.9 Å². The Kier molecular flexibility index (Phi) is 3.28. The van der Waals surface area contributed by atoms with Crippen LogP contribution in [0, 0.1) is 0 Å². The van der Waals surface area contributed by atoms with Crippen molar-refractivity contribution < 1.29 is 4.79 Å². The minimum atomic E-state index is -0.194. The van der Waals surface area contributed by atoms with Crippen molar-refractivity contribution in [3.05, 3.63) is 12.2 Å². The van der Waals surface area contributed by atoms with Gasteiger partial charge in [0, 0.05) is 5.57 Å². The first-order valence-corrected chi connectivity index (χ1v) is 2.71. The highest BCUT2D eigenvalue weighted by Crippen LogP contribution is 1.84. The number of rotatable bonds is 2. The second kappa shape index (κ2) is 3.50. The number of nitrogens with one attached hydrogen (secondary N) is 1. The fourth-order valence-electron chi connectivity index (χ4n) is 0.212. The standard InChI is InChI=1S/C5H8ClNO/c1-4(2)5(8)7-3-6/h1,3H2,2H3,(H,7,8). The Labute approximate surface area is 53.5 Å². The predicted octanol–water partition coefficient (Wildman–Crippen LogP) is 0.875. The topological polar surface area (TPSA) is 29.1 Å². The molecule has 0 atom stereocenters. The van der Waals surface area contributed by atoms with Crippen LogP contribution in [-0.4, -0.2) is 11.9 Å². The lowest BCUT2D eigenvalue weighted by Crippen LogP contribution is -2.21. The molecule has 0 spiro atoms. The number of carbonyl (C=O) groups excluding carboxylic acids is 1. The van der Waals surface area contributed by atoms with E-state index in [2.05, 4.69) is 11.9 Å². The zero-order chi connectivity index (χ0) is 6.57. The molecule has 0 saturated carbocycles. The van der Waals surface area contributed by atoms with Crippen LogP contribution in [0.5, 0.6) is 0 Å². The van der Waals surface area contributed by atoms with Crippen molar-refractivity contribution in [2.24, 2.45) is 0 Å². The Balaban J connectivity index is 3.49. The average Bonchev–Trinajstić information content (AvgIpc) is 1.67. The molecule has 0 fully saturated rings. The fraction of sp³-hybridized carbons (Fsp3) is 0.400. The summed E-state index contributed by atoms with van der Waals surface area (Å²) < 4.78 is 0. The predicted molar refractivity (Wildman–Crippen MR) is 33.7 cm³/mol. The third-order valence-corrected chi connectivity index (χ3v) is 0.749. The molecule has 0 aliphatic rings. The summed E-state index contributed by atoms with van der Waals surface area (Å²) in [6.45, 7) is 5.03. The van der Waals surface area contributed by atoms with Gasteiger partial charge >= 0.3 is 0 Å². The summed E-state index contributed by atoms with van der Waals surface area (Å²) >= 11 is 5.17. The van der Waals surface area contributed by atoms with E-state index in [0.717, 1.165) is 0 Å². The van der Waals surface area contributed by atoms with Gasteiger partial charge in [-0.05, 0) is 6.92 Å². The number of halogens is 1. The monoisotopic (exact) mass is 133 g/mol. The summed E-state index contributed by atoms with van der Waals surface area (Å²) in [7, 11) is 0. The molecule has 0 aromatic rings. The van der Waals surface area contributed by atoms with Crippen molar-refractivity contribution in [3.8, 4) is 0 Å².